The minimum atomic E-state index is -3.81. The standard InChI is InChI=1S/C23H21FN4O3S/c1-15-25-21-13-16(9-12-22(21)28(15)17-7-5-4-6-8-17)26-23(29)19-14-18(10-11-20(19)24)32(30,31)27(2)3/h4-14H,1-3H3,(H,26,29). The van der Waals surface area contributed by atoms with Gasteiger partial charge in [0, 0.05) is 25.5 Å². The lowest BCUT2D eigenvalue weighted by atomic mass is 10.2. The number of aromatic nitrogens is 2. The third-order valence-corrected chi connectivity index (χ3v) is 6.87. The van der Waals surface area contributed by atoms with Gasteiger partial charge in [-0.15, -0.1) is 0 Å². The van der Waals surface area contributed by atoms with Gasteiger partial charge in [-0.25, -0.2) is 22.1 Å². The number of hydrogen-bond acceptors (Lipinski definition) is 4. The van der Waals surface area contributed by atoms with Crippen LogP contribution in [0.4, 0.5) is 10.1 Å². The first-order valence-electron chi connectivity index (χ1n) is 9.76. The molecule has 1 N–H and O–H groups in total. The number of nitrogens with zero attached hydrogens (tertiary/aromatic N) is 3. The summed E-state index contributed by atoms with van der Waals surface area (Å²) in [6.07, 6.45) is 0. The minimum absolute atomic E-state index is 0.165. The van der Waals surface area contributed by atoms with Gasteiger partial charge in [-0.05, 0) is 55.5 Å². The summed E-state index contributed by atoms with van der Waals surface area (Å²) in [4.78, 5) is 17.1. The number of rotatable bonds is 5. The Bertz CT molecular complexity index is 1430. The first kappa shape index (κ1) is 21.7. The molecule has 0 atom stereocenters. The maximum Gasteiger partial charge on any atom is 0.258 e. The molecule has 4 rings (SSSR count). The smallest absolute Gasteiger partial charge is 0.258 e. The number of imidazole rings is 1. The van der Waals surface area contributed by atoms with Crippen molar-refractivity contribution >= 4 is 32.7 Å². The van der Waals surface area contributed by atoms with Gasteiger partial charge in [0.05, 0.1) is 21.5 Å². The molecule has 0 aliphatic carbocycles. The van der Waals surface area contributed by atoms with Gasteiger partial charge >= 0.3 is 0 Å². The van der Waals surface area contributed by atoms with Crippen LogP contribution in [0.2, 0.25) is 0 Å². The van der Waals surface area contributed by atoms with Crippen molar-refractivity contribution in [3.05, 3.63) is 83.9 Å². The van der Waals surface area contributed by atoms with Crippen LogP contribution in [-0.4, -0.2) is 42.3 Å². The van der Waals surface area contributed by atoms with Crippen molar-refractivity contribution in [1.29, 1.82) is 0 Å². The molecule has 0 aliphatic rings. The van der Waals surface area contributed by atoms with E-state index in [-0.39, 0.29) is 10.5 Å². The van der Waals surface area contributed by atoms with Crippen LogP contribution in [-0.2, 0) is 10.0 Å². The average molecular weight is 453 g/mol. The number of nitrogens with one attached hydrogen (secondary N) is 1. The Balaban J connectivity index is 1.67. The van der Waals surface area contributed by atoms with Crippen LogP contribution in [0.1, 0.15) is 16.2 Å². The highest BCUT2D eigenvalue weighted by Gasteiger charge is 2.21. The Hall–Kier alpha value is -3.56. The van der Waals surface area contributed by atoms with Gasteiger partial charge in [-0.2, -0.15) is 0 Å². The Labute approximate surface area is 185 Å². The van der Waals surface area contributed by atoms with E-state index in [1.54, 1.807) is 12.1 Å². The number of anilines is 1. The topological polar surface area (TPSA) is 84.3 Å². The Morgan fingerprint density at radius 1 is 1.03 bits per heavy atom. The first-order chi connectivity index (χ1) is 15.2. The number of benzene rings is 3. The molecule has 7 nitrogen and oxygen atoms in total. The maximum atomic E-state index is 14.3. The van der Waals surface area contributed by atoms with Crippen molar-refractivity contribution in [3.8, 4) is 5.69 Å². The van der Waals surface area contributed by atoms with E-state index in [9.17, 15) is 17.6 Å². The Morgan fingerprint density at radius 3 is 2.44 bits per heavy atom. The van der Waals surface area contributed by atoms with Crippen molar-refractivity contribution in [2.75, 3.05) is 19.4 Å². The molecule has 1 amide bonds. The molecule has 0 bridgehead atoms. The van der Waals surface area contributed by atoms with Crippen LogP contribution in [0.3, 0.4) is 0 Å². The van der Waals surface area contributed by atoms with E-state index in [1.807, 2.05) is 47.9 Å². The summed E-state index contributed by atoms with van der Waals surface area (Å²) in [5.74, 6) is -0.787. The van der Waals surface area contributed by atoms with Gasteiger partial charge in [-0.1, -0.05) is 18.2 Å². The van der Waals surface area contributed by atoms with Crippen molar-refractivity contribution in [3.63, 3.8) is 0 Å². The third-order valence-electron chi connectivity index (χ3n) is 5.06. The van der Waals surface area contributed by atoms with Crippen LogP contribution >= 0.6 is 0 Å². The van der Waals surface area contributed by atoms with Crippen LogP contribution in [0.25, 0.3) is 16.7 Å². The van der Waals surface area contributed by atoms with E-state index >= 15 is 0 Å². The van der Waals surface area contributed by atoms with Crippen molar-refractivity contribution in [2.24, 2.45) is 0 Å². The quantitative estimate of drug-likeness (QED) is 0.497. The number of sulfonamides is 1. The van der Waals surface area contributed by atoms with Crippen molar-refractivity contribution in [1.82, 2.24) is 13.9 Å². The molecule has 164 valence electrons. The summed E-state index contributed by atoms with van der Waals surface area (Å²) in [5.41, 5.74) is 2.54. The summed E-state index contributed by atoms with van der Waals surface area (Å²) in [6, 6.07) is 18.1. The van der Waals surface area contributed by atoms with Gasteiger partial charge in [0.25, 0.3) is 5.91 Å². The SMILES string of the molecule is Cc1nc2cc(NC(=O)c3cc(S(=O)(=O)N(C)C)ccc3F)ccc2n1-c1ccccc1. The lowest BCUT2D eigenvalue weighted by molar-refractivity contribution is 0.102. The second kappa shape index (κ2) is 8.18. The van der Waals surface area contributed by atoms with Crippen LogP contribution in [0, 0.1) is 12.7 Å². The zero-order valence-corrected chi connectivity index (χ0v) is 18.5. The Morgan fingerprint density at radius 2 is 1.75 bits per heavy atom. The summed E-state index contributed by atoms with van der Waals surface area (Å²) in [7, 11) is -1.08. The fourth-order valence-corrected chi connectivity index (χ4v) is 4.36. The molecular weight excluding hydrogens is 431 g/mol. The number of hydrogen-bond donors (Lipinski definition) is 1. The largest absolute Gasteiger partial charge is 0.322 e. The number of halogens is 1. The van der Waals surface area contributed by atoms with Crippen molar-refractivity contribution in [2.45, 2.75) is 11.8 Å². The number of para-hydroxylation sites is 1. The molecular formula is C23H21FN4O3S. The fraction of sp³-hybridized carbons (Fsp3) is 0.130. The summed E-state index contributed by atoms with van der Waals surface area (Å²) in [5, 5.41) is 2.63. The zero-order chi connectivity index (χ0) is 23.0. The normalized spacial score (nSPS) is 11.8. The second-order valence-electron chi connectivity index (χ2n) is 7.42. The van der Waals surface area contributed by atoms with Crippen molar-refractivity contribution < 1.29 is 17.6 Å². The molecule has 0 aliphatic heterocycles. The van der Waals surface area contributed by atoms with E-state index in [2.05, 4.69) is 10.3 Å². The summed E-state index contributed by atoms with van der Waals surface area (Å²) < 4.78 is 42.0. The summed E-state index contributed by atoms with van der Waals surface area (Å²) >= 11 is 0. The molecule has 0 fully saturated rings. The van der Waals surface area contributed by atoms with E-state index in [0.29, 0.717) is 11.2 Å². The minimum Gasteiger partial charge on any atom is -0.322 e. The first-order valence-corrected chi connectivity index (χ1v) is 11.2. The molecule has 3 aromatic carbocycles. The number of amides is 1. The molecule has 4 aromatic rings. The fourth-order valence-electron chi connectivity index (χ4n) is 3.43. The van der Waals surface area contributed by atoms with Crippen LogP contribution in [0.5, 0.6) is 0 Å². The highest BCUT2D eigenvalue weighted by atomic mass is 32.2. The predicted octanol–water partition coefficient (Wildman–Crippen LogP) is 3.98. The zero-order valence-electron chi connectivity index (χ0n) is 17.7. The average Bonchev–Trinajstić information content (AvgIpc) is 3.09. The molecule has 1 heterocycles. The van der Waals surface area contributed by atoms with Gasteiger partial charge in [-0.3, -0.25) is 9.36 Å². The van der Waals surface area contributed by atoms with Gasteiger partial charge in [0.1, 0.15) is 11.6 Å². The van der Waals surface area contributed by atoms with Gasteiger partial charge in [0.15, 0.2) is 0 Å². The van der Waals surface area contributed by atoms with E-state index in [0.717, 1.165) is 39.5 Å². The van der Waals surface area contributed by atoms with Gasteiger partial charge in [0.2, 0.25) is 10.0 Å². The number of fused-ring (bicyclic) bond motifs is 1. The molecule has 0 unspecified atom stereocenters. The molecule has 0 radical (unpaired) electrons. The number of carbonyl (C=O) groups excluding carboxylic acids is 1. The van der Waals surface area contributed by atoms with Gasteiger partial charge < -0.3 is 5.32 Å². The highest BCUT2D eigenvalue weighted by molar-refractivity contribution is 7.89. The van der Waals surface area contributed by atoms with Crippen LogP contribution in [0.15, 0.2) is 71.6 Å². The molecule has 1 aromatic heterocycles. The van der Waals surface area contributed by atoms with E-state index < -0.39 is 21.7 Å². The monoisotopic (exact) mass is 452 g/mol. The molecule has 0 saturated heterocycles. The predicted molar refractivity (Wildman–Crippen MR) is 121 cm³/mol. The molecule has 0 saturated carbocycles. The number of carbonyl (C=O) groups is 1. The highest BCUT2D eigenvalue weighted by Crippen LogP contribution is 2.25. The lowest BCUT2D eigenvalue weighted by Crippen LogP contribution is -2.23. The molecule has 32 heavy (non-hydrogen) atoms. The maximum absolute atomic E-state index is 14.3. The molecule has 9 heteroatoms. The molecule has 0 spiro atoms. The summed E-state index contributed by atoms with van der Waals surface area (Å²) in [6.45, 7) is 1.89. The number of aryl methyl sites for hydroxylation is 1. The van der Waals surface area contributed by atoms with E-state index in [1.165, 1.54) is 14.1 Å². The Kier molecular flexibility index (Phi) is 5.53. The lowest BCUT2D eigenvalue weighted by Gasteiger charge is -2.13. The van der Waals surface area contributed by atoms with Crippen LogP contribution < -0.4 is 5.32 Å². The second-order valence-corrected chi connectivity index (χ2v) is 9.57. The third kappa shape index (κ3) is 3.88. The van der Waals surface area contributed by atoms with E-state index in [4.69, 9.17) is 0 Å².